The molecule has 5 nitrogen and oxygen atoms in total. The van der Waals surface area contributed by atoms with Crippen LogP contribution in [0.25, 0.3) is 0 Å². The Labute approximate surface area is 147 Å². The van der Waals surface area contributed by atoms with E-state index in [1.807, 2.05) is 42.5 Å². The average molecular weight is 338 g/mol. The smallest absolute Gasteiger partial charge is 0.251 e. The van der Waals surface area contributed by atoms with Crippen LogP contribution in [-0.4, -0.2) is 34.9 Å². The number of hydrazine groups is 1. The van der Waals surface area contributed by atoms with Gasteiger partial charge in [0.2, 0.25) is 5.91 Å². The van der Waals surface area contributed by atoms with Crippen LogP contribution in [0.1, 0.15) is 37.0 Å². The fourth-order valence-corrected chi connectivity index (χ4v) is 3.65. The largest absolute Gasteiger partial charge is 0.469 e. The summed E-state index contributed by atoms with van der Waals surface area (Å²) in [4.78, 5) is 25.8. The van der Waals surface area contributed by atoms with Crippen molar-refractivity contribution in [2.75, 3.05) is 13.1 Å². The minimum absolute atomic E-state index is 0.00823. The molecule has 1 saturated carbocycles. The second kappa shape index (κ2) is 6.39. The molecule has 1 aromatic carbocycles. The van der Waals surface area contributed by atoms with Gasteiger partial charge in [0.25, 0.3) is 5.91 Å². The summed E-state index contributed by atoms with van der Waals surface area (Å²) in [5, 5.41) is 3.33. The zero-order valence-corrected chi connectivity index (χ0v) is 14.2. The monoisotopic (exact) mass is 338 g/mol. The quantitative estimate of drug-likeness (QED) is 0.842. The van der Waals surface area contributed by atoms with Crippen LogP contribution in [0.4, 0.5) is 0 Å². The summed E-state index contributed by atoms with van der Waals surface area (Å²) in [5.41, 5.74) is 0.639. The fourth-order valence-electron chi connectivity index (χ4n) is 3.65. The van der Waals surface area contributed by atoms with Crippen LogP contribution >= 0.6 is 0 Å². The summed E-state index contributed by atoms with van der Waals surface area (Å²) in [5.74, 6) is 0.863. The molecule has 1 saturated heterocycles. The molecule has 0 spiro atoms. The first-order chi connectivity index (χ1) is 12.2. The molecule has 5 heteroatoms. The van der Waals surface area contributed by atoms with Gasteiger partial charge < -0.3 is 4.42 Å². The summed E-state index contributed by atoms with van der Waals surface area (Å²) >= 11 is 0. The molecule has 130 valence electrons. The number of benzene rings is 1. The molecule has 0 N–H and O–H groups in total. The first kappa shape index (κ1) is 15.9. The van der Waals surface area contributed by atoms with Crippen LogP contribution in [0.5, 0.6) is 0 Å². The van der Waals surface area contributed by atoms with Gasteiger partial charge in [0, 0.05) is 25.9 Å². The van der Waals surface area contributed by atoms with Crippen molar-refractivity contribution >= 4 is 11.8 Å². The molecule has 1 aromatic heterocycles. The summed E-state index contributed by atoms with van der Waals surface area (Å²) in [6, 6.07) is 13.6. The van der Waals surface area contributed by atoms with E-state index in [-0.39, 0.29) is 11.8 Å². The van der Waals surface area contributed by atoms with E-state index >= 15 is 0 Å². The van der Waals surface area contributed by atoms with E-state index in [2.05, 4.69) is 0 Å². The number of furan rings is 1. The highest BCUT2D eigenvalue weighted by molar-refractivity contribution is 5.93. The molecule has 1 aliphatic heterocycles. The topological polar surface area (TPSA) is 53.8 Å². The van der Waals surface area contributed by atoms with Crippen molar-refractivity contribution in [2.45, 2.75) is 37.5 Å². The summed E-state index contributed by atoms with van der Waals surface area (Å²) < 4.78 is 5.29. The normalized spacial score (nSPS) is 18.4. The molecule has 25 heavy (non-hydrogen) atoms. The molecule has 0 atom stereocenters. The maximum Gasteiger partial charge on any atom is 0.251 e. The summed E-state index contributed by atoms with van der Waals surface area (Å²) in [6.07, 6.45) is 5.09. The van der Waals surface area contributed by atoms with Crippen LogP contribution in [-0.2, 0) is 21.4 Å². The Balaban J connectivity index is 1.46. The number of hydrogen-bond donors (Lipinski definition) is 0. The molecule has 2 aliphatic rings. The van der Waals surface area contributed by atoms with Gasteiger partial charge in [-0.2, -0.15) is 0 Å². The Bertz CT molecular complexity index is 751. The van der Waals surface area contributed by atoms with E-state index in [0.29, 0.717) is 25.9 Å². The minimum Gasteiger partial charge on any atom is -0.469 e. The fraction of sp³-hybridized carbons (Fsp3) is 0.400. The van der Waals surface area contributed by atoms with Crippen LogP contribution in [0.15, 0.2) is 53.1 Å². The molecule has 0 bridgehead atoms. The van der Waals surface area contributed by atoms with Crippen molar-refractivity contribution in [2.24, 2.45) is 0 Å². The van der Waals surface area contributed by atoms with Gasteiger partial charge in [0.15, 0.2) is 0 Å². The predicted octanol–water partition coefficient (Wildman–Crippen LogP) is 2.92. The highest BCUT2D eigenvalue weighted by Gasteiger charge is 2.54. The van der Waals surface area contributed by atoms with Crippen molar-refractivity contribution < 1.29 is 14.0 Å². The second-order valence-electron chi connectivity index (χ2n) is 6.83. The summed E-state index contributed by atoms with van der Waals surface area (Å²) in [7, 11) is 0. The molecule has 0 unspecified atom stereocenters. The van der Waals surface area contributed by atoms with E-state index in [1.54, 1.807) is 16.3 Å². The zero-order valence-electron chi connectivity index (χ0n) is 14.2. The maximum atomic E-state index is 13.2. The highest BCUT2D eigenvalue weighted by Crippen LogP contribution is 2.50. The van der Waals surface area contributed by atoms with E-state index in [4.69, 9.17) is 4.42 Å². The lowest BCUT2D eigenvalue weighted by molar-refractivity contribution is -0.159. The lowest BCUT2D eigenvalue weighted by Crippen LogP contribution is -2.49. The number of carbonyl (C=O) groups is 2. The third-order valence-corrected chi connectivity index (χ3v) is 5.20. The number of hydrogen-bond acceptors (Lipinski definition) is 3. The van der Waals surface area contributed by atoms with Crippen molar-refractivity contribution in [3.8, 4) is 0 Å². The van der Waals surface area contributed by atoms with Gasteiger partial charge >= 0.3 is 0 Å². The van der Waals surface area contributed by atoms with Crippen molar-refractivity contribution in [1.82, 2.24) is 10.0 Å². The van der Waals surface area contributed by atoms with Crippen LogP contribution in [0.2, 0.25) is 0 Å². The van der Waals surface area contributed by atoms with Gasteiger partial charge in [0.1, 0.15) is 5.76 Å². The Hall–Kier alpha value is -2.56. The van der Waals surface area contributed by atoms with E-state index in [1.165, 1.54) is 0 Å². The molecule has 0 radical (unpaired) electrons. The van der Waals surface area contributed by atoms with E-state index in [0.717, 1.165) is 30.6 Å². The van der Waals surface area contributed by atoms with Gasteiger partial charge in [-0.25, -0.2) is 0 Å². The van der Waals surface area contributed by atoms with Crippen LogP contribution in [0, 0.1) is 0 Å². The number of amides is 2. The second-order valence-corrected chi connectivity index (χ2v) is 6.83. The molecular formula is C20H22N2O3. The third-order valence-electron chi connectivity index (χ3n) is 5.20. The molecule has 4 rings (SSSR count). The number of aryl methyl sites for hydroxylation is 1. The average Bonchev–Trinajstić information content (AvgIpc) is 3.07. The molecular weight excluding hydrogens is 316 g/mol. The van der Waals surface area contributed by atoms with Crippen LogP contribution < -0.4 is 0 Å². The summed E-state index contributed by atoms with van der Waals surface area (Å²) in [6.45, 7) is 1.24. The molecule has 1 aliphatic carbocycles. The van der Waals surface area contributed by atoms with Crippen molar-refractivity contribution in [1.29, 1.82) is 0 Å². The predicted molar refractivity (Wildman–Crippen MR) is 92.4 cm³/mol. The van der Waals surface area contributed by atoms with Gasteiger partial charge in [0.05, 0.1) is 11.7 Å². The highest BCUT2D eigenvalue weighted by atomic mass is 16.3. The van der Waals surface area contributed by atoms with Crippen molar-refractivity contribution in [3.63, 3.8) is 0 Å². The molecule has 2 aromatic rings. The van der Waals surface area contributed by atoms with Gasteiger partial charge in [-0.3, -0.25) is 19.6 Å². The maximum absolute atomic E-state index is 13.2. The Morgan fingerprint density at radius 2 is 1.76 bits per heavy atom. The van der Waals surface area contributed by atoms with Crippen molar-refractivity contribution in [3.05, 3.63) is 60.1 Å². The third kappa shape index (κ3) is 2.95. The van der Waals surface area contributed by atoms with Gasteiger partial charge in [-0.1, -0.05) is 30.3 Å². The number of rotatable bonds is 5. The van der Waals surface area contributed by atoms with Gasteiger partial charge in [-0.05, 0) is 37.0 Å². The van der Waals surface area contributed by atoms with Crippen LogP contribution in [0.3, 0.4) is 0 Å². The lowest BCUT2D eigenvalue weighted by atomic mass is 9.95. The minimum atomic E-state index is -0.425. The van der Waals surface area contributed by atoms with E-state index < -0.39 is 5.41 Å². The lowest BCUT2D eigenvalue weighted by Gasteiger charge is -2.31. The Morgan fingerprint density at radius 1 is 1.00 bits per heavy atom. The molecule has 2 fully saturated rings. The Morgan fingerprint density at radius 3 is 2.44 bits per heavy atom. The SMILES string of the molecule is O=C(CCc1ccco1)N1CCCN1C(=O)C1(c2ccccc2)CC1. The number of nitrogens with zero attached hydrogens (tertiary/aromatic N) is 2. The van der Waals surface area contributed by atoms with E-state index in [9.17, 15) is 9.59 Å². The first-order valence-corrected chi connectivity index (χ1v) is 8.91. The standard InChI is InChI=1S/C20H22N2O3/c23-18(10-9-17-8-4-15-25-17)21-13-5-14-22(21)19(24)20(11-12-20)16-6-2-1-3-7-16/h1-4,6-8,15H,5,9-14H2. The van der Waals surface area contributed by atoms with Gasteiger partial charge in [-0.15, -0.1) is 0 Å². The Kier molecular flexibility index (Phi) is 4.07. The number of carbonyl (C=O) groups excluding carboxylic acids is 2. The molecule has 2 heterocycles. The molecule has 2 amide bonds. The zero-order chi connectivity index (χ0) is 17.3. The first-order valence-electron chi connectivity index (χ1n) is 8.91.